The van der Waals surface area contributed by atoms with Gasteiger partial charge in [0.1, 0.15) is 5.75 Å². The van der Waals surface area contributed by atoms with Crippen LogP contribution in [0, 0.1) is 13.8 Å². The molecule has 152 valence electrons. The van der Waals surface area contributed by atoms with Crippen molar-refractivity contribution < 1.29 is 9.53 Å². The van der Waals surface area contributed by atoms with Crippen LogP contribution in [0.15, 0.2) is 30.3 Å². The van der Waals surface area contributed by atoms with Crippen LogP contribution in [-0.2, 0) is 4.79 Å². The van der Waals surface area contributed by atoms with Crippen molar-refractivity contribution in [2.75, 3.05) is 11.9 Å². The molecule has 2 aromatic carbocycles. The van der Waals surface area contributed by atoms with E-state index in [4.69, 9.17) is 28.6 Å². The average Bonchev–Trinajstić information content (AvgIpc) is 3.00. The number of benzene rings is 2. The minimum absolute atomic E-state index is 0.125. The predicted octanol–water partition coefficient (Wildman–Crippen LogP) is 5.58. The summed E-state index contributed by atoms with van der Waals surface area (Å²) in [5.41, 5.74) is 3.91. The second-order valence-electron chi connectivity index (χ2n) is 7.08. The quantitative estimate of drug-likeness (QED) is 0.500. The van der Waals surface area contributed by atoms with Gasteiger partial charge in [-0.2, -0.15) is 0 Å². The monoisotopic (exact) mass is 447 g/mol. The summed E-state index contributed by atoms with van der Waals surface area (Å²) < 4.78 is 6.73. The summed E-state index contributed by atoms with van der Waals surface area (Å²) in [6.45, 7) is 7.98. The number of carbonyl (C=O) groups excluding carboxylic acids is 1. The number of amides is 1. The molecular formula is C21H22ClN3O2S2. The zero-order chi connectivity index (χ0) is 21.1. The molecule has 2 N–H and O–H groups in total. The fraction of sp³-hybridized carbons (Fsp3) is 0.286. The first-order chi connectivity index (χ1) is 13.7. The summed E-state index contributed by atoms with van der Waals surface area (Å²) in [6, 6.07) is 9.80. The Morgan fingerprint density at radius 2 is 2.03 bits per heavy atom. The van der Waals surface area contributed by atoms with E-state index >= 15 is 0 Å². The SMILES string of the molecule is Cc1ccc(C(C)C)c(OCC(=O)NC(=S)Nc2nc3cc(Cl)c(C)cc3s2)c1. The van der Waals surface area contributed by atoms with Gasteiger partial charge in [-0.15, -0.1) is 0 Å². The van der Waals surface area contributed by atoms with Gasteiger partial charge >= 0.3 is 0 Å². The van der Waals surface area contributed by atoms with Gasteiger partial charge in [0.05, 0.1) is 10.2 Å². The second kappa shape index (κ2) is 9.07. The maximum absolute atomic E-state index is 12.2. The van der Waals surface area contributed by atoms with Crippen LogP contribution >= 0.6 is 35.2 Å². The fourth-order valence-corrected chi connectivity index (χ4v) is 4.16. The zero-order valence-corrected chi connectivity index (χ0v) is 19.0. The lowest BCUT2D eigenvalue weighted by Gasteiger charge is -2.15. The number of nitrogens with zero attached hydrogens (tertiary/aromatic N) is 1. The van der Waals surface area contributed by atoms with Gasteiger partial charge < -0.3 is 10.1 Å². The van der Waals surface area contributed by atoms with E-state index in [0.717, 1.165) is 26.9 Å². The average molecular weight is 448 g/mol. The first kappa shape index (κ1) is 21.5. The molecule has 0 unspecified atom stereocenters. The zero-order valence-electron chi connectivity index (χ0n) is 16.6. The molecule has 0 radical (unpaired) electrons. The van der Waals surface area contributed by atoms with E-state index in [1.165, 1.54) is 11.3 Å². The molecule has 8 heteroatoms. The van der Waals surface area contributed by atoms with E-state index in [2.05, 4.69) is 29.5 Å². The van der Waals surface area contributed by atoms with Crippen molar-refractivity contribution in [3.8, 4) is 5.75 Å². The Labute approximate surface area is 184 Å². The molecule has 0 aliphatic carbocycles. The van der Waals surface area contributed by atoms with Crippen molar-refractivity contribution in [2.24, 2.45) is 0 Å². The highest BCUT2D eigenvalue weighted by molar-refractivity contribution is 7.80. The lowest BCUT2D eigenvalue weighted by atomic mass is 10.0. The summed E-state index contributed by atoms with van der Waals surface area (Å²) in [5, 5.41) is 7.00. The molecule has 0 saturated heterocycles. The minimum Gasteiger partial charge on any atom is -0.483 e. The summed E-state index contributed by atoms with van der Waals surface area (Å²) in [4.78, 5) is 16.7. The number of aryl methyl sites for hydroxylation is 2. The lowest BCUT2D eigenvalue weighted by molar-refractivity contribution is -0.121. The number of rotatable bonds is 5. The topological polar surface area (TPSA) is 63.2 Å². The highest BCUT2D eigenvalue weighted by Gasteiger charge is 2.13. The van der Waals surface area contributed by atoms with E-state index in [9.17, 15) is 4.79 Å². The number of hydrogen-bond acceptors (Lipinski definition) is 5. The Bertz CT molecular complexity index is 1040. The largest absolute Gasteiger partial charge is 0.483 e. The molecule has 1 heterocycles. The minimum atomic E-state index is -0.335. The Balaban J connectivity index is 1.59. The number of hydrogen-bond donors (Lipinski definition) is 2. The first-order valence-electron chi connectivity index (χ1n) is 9.14. The summed E-state index contributed by atoms with van der Waals surface area (Å²) in [7, 11) is 0. The third-order valence-corrected chi connectivity index (χ3v) is 5.84. The van der Waals surface area contributed by atoms with Crippen LogP contribution in [0.25, 0.3) is 10.2 Å². The number of anilines is 1. The van der Waals surface area contributed by atoms with Crippen molar-refractivity contribution in [2.45, 2.75) is 33.6 Å². The number of thiocarbonyl (C=S) groups is 1. The van der Waals surface area contributed by atoms with Crippen LogP contribution in [0.4, 0.5) is 5.13 Å². The van der Waals surface area contributed by atoms with E-state index < -0.39 is 0 Å². The van der Waals surface area contributed by atoms with Crippen LogP contribution in [0.5, 0.6) is 5.75 Å². The molecule has 0 atom stereocenters. The van der Waals surface area contributed by atoms with Crippen LogP contribution in [0.3, 0.4) is 0 Å². The van der Waals surface area contributed by atoms with Crippen LogP contribution < -0.4 is 15.4 Å². The van der Waals surface area contributed by atoms with Crippen molar-refractivity contribution in [1.29, 1.82) is 0 Å². The van der Waals surface area contributed by atoms with Gasteiger partial charge in [0.2, 0.25) is 0 Å². The van der Waals surface area contributed by atoms with Gasteiger partial charge in [0, 0.05) is 5.02 Å². The molecular weight excluding hydrogens is 426 g/mol. The molecule has 1 aromatic heterocycles. The maximum atomic E-state index is 12.2. The van der Waals surface area contributed by atoms with Crippen LogP contribution in [0.1, 0.15) is 36.5 Å². The molecule has 0 spiro atoms. The lowest BCUT2D eigenvalue weighted by Crippen LogP contribution is -2.37. The Hall–Kier alpha value is -2.22. The normalized spacial score (nSPS) is 11.0. The summed E-state index contributed by atoms with van der Waals surface area (Å²) >= 11 is 12.8. The van der Waals surface area contributed by atoms with Gasteiger partial charge in [-0.3, -0.25) is 10.1 Å². The number of halogens is 1. The van der Waals surface area contributed by atoms with Crippen LogP contribution in [-0.4, -0.2) is 22.6 Å². The number of carbonyl (C=O) groups is 1. The fourth-order valence-electron chi connectivity index (χ4n) is 2.78. The predicted molar refractivity (Wildman–Crippen MR) is 124 cm³/mol. The van der Waals surface area contributed by atoms with Gasteiger partial charge in [-0.1, -0.05) is 48.9 Å². The first-order valence-corrected chi connectivity index (χ1v) is 10.7. The Morgan fingerprint density at radius 3 is 2.76 bits per heavy atom. The van der Waals surface area contributed by atoms with Gasteiger partial charge in [0.25, 0.3) is 5.91 Å². The number of ether oxygens (including phenoxy) is 1. The third-order valence-electron chi connectivity index (χ3n) is 4.29. The molecule has 0 fully saturated rings. The van der Waals surface area contributed by atoms with Crippen molar-refractivity contribution in [3.05, 3.63) is 52.0 Å². The molecule has 5 nitrogen and oxygen atoms in total. The summed E-state index contributed by atoms with van der Waals surface area (Å²) in [6.07, 6.45) is 0. The third kappa shape index (κ3) is 5.44. The number of aromatic nitrogens is 1. The standard InChI is InChI=1S/C21H22ClN3O2S2/c1-11(2)14-6-5-12(3)7-17(14)27-10-19(26)24-20(28)25-21-23-16-9-15(22)13(4)8-18(16)29-21/h5-9,11H,10H2,1-4H3,(H2,23,24,25,26,28). The molecule has 0 saturated carbocycles. The Morgan fingerprint density at radius 1 is 1.28 bits per heavy atom. The summed E-state index contributed by atoms with van der Waals surface area (Å²) in [5.74, 6) is 0.679. The molecule has 0 bridgehead atoms. The smallest absolute Gasteiger partial charge is 0.264 e. The number of thiazole rings is 1. The second-order valence-corrected chi connectivity index (χ2v) is 8.92. The van der Waals surface area contributed by atoms with E-state index in [-0.39, 0.29) is 17.6 Å². The van der Waals surface area contributed by atoms with Crippen molar-refractivity contribution in [1.82, 2.24) is 10.3 Å². The molecule has 3 aromatic rings. The molecule has 0 aliphatic rings. The van der Waals surface area contributed by atoms with Crippen molar-refractivity contribution >= 4 is 61.5 Å². The number of fused-ring (bicyclic) bond motifs is 1. The van der Waals surface area contributed by atoms with Gasteiger partial charge in [-0.25, -0.2) is 4.98 Å². The highest BCUT2D eigenvalue weighted by Crippen LogP contribution is 2.30. The Kier molecular flexibility index (Phi) is 6.72. The number of nitrogens with one attached hydrogen (secondary N) is 2. The molecule has 3 rings (SSSR count). The van der Waals surface area contributed by atoms with E-state index in [0.29, 0.717) is 21.8 Å². The highest BCUT2D eigenvalue weighted by atomic mass is 35.5. The van der Waals surface area contributed by atoms with Gasteiger partial charge in [0.15, 0.2) is 16.9 Å². The van der Waals surface area contributed by atoms with E-state index in [1.54, 1.807) is 0 Å². The van der Waals surface area contributed by atoms with Gasteiger partial charge in [-0.05, 0) is 66.9 Å². The van der Waals surface area contributed by atoms with Crippen molar-refractivity contribution in [3.63, 3.8) is 0 Å². The molecule has 29 heavy (non-hydrogen) atoms. The van der Waals surface area contributed by atoms with Crippen LogP contribution in [0.2, 0.25) is 5.02 Å². The van der Waals surface area contributed by atoms with E-state index in [1.807, 2.05) is 44.2 Å². The molecule has 1 amide bonds. The molecule has 0 aliphatic heterocycles. The maximum Gasteiger partial charge on any atom is 0.264 e.